The molecule has 9 heteroatoms. The van der Waals surface area contributed by atoms with Crippen LogP contribution < -0.4 is 4.74 Å². The molecule has 1 heterocycles. The van der Waals surface area contributed by atoms with E-state index in [0.29, 0.717) is 12.2 Å². The Morgan fingerprint density at radius 1 is 0.941 bits per heavy atom. The van der Waals surface area contributed by atoms with Gasteiger partial charge in [-0.2, -0.15) is 13.2 Å². The smallest absolute Gasteiger partial charge is 0.486 e. The van der Waals surface area contributed by atoms with Crippen molar-refractivity contribution in [1.29, 1.82) is 0 Å². The Morgan fingerprint density at radius 3 is 2.15 bits per heavy atom. The highest BCUT2D eigenvalue weighted by Gasteiger charge is 2.38. The first-order chi connectivity index (χ1) is 16.3. The molecule has 0 fully saturated rings. The van der Waals surface area contributed by atoms with E-state index in [0.717, 1.165) is 40.2 Å². The highest BCUT2D eigenvalue weighted by Crippen LogP contribution is 2.26. The van der Waals surface area contributed by atoms with Gasteiger partial charge >= 0.3 is 12.1 Å². The number of para-hydroxylation sites is 1. The van der Waals surface area contributed by atoms with Crippen LogP contribution in [0.5, 0.6) is 5.75 Å². The number of nitrogens with zero attached hydrogens (tertiary/aromatic N) is 1. The number of alkyl halides is 3. The monoisotopic (exact) mass is 468 g/mol. The van der Waals surface area contributed by atoms with E-state index >= 15 is 0 Å². The highest BCUT2D eigenvalue weighted by molar-refractivity contribution is 5.87. The van der Waals surface area contributed by atoms with Gasteiger partial charge in [0.1, 0.15) is 18.2 Å². The fraction of sp³-hybridized carbons (Fsp3) is 0.0800. The molecular weight excluding hydrogens is 449 g/mol. The minimum absolute atomic E-state index is 0.384. The van der Waals surface area contributed by atoms with Crippen molar-refractivity contribution >= 4 is 12.3 Å². The number of hydrogen-bond acceptors (Lipinski definition) is 4. The van der Waals surface area contributed by atoms with Crippen molar-refractivity contribution in [3.05, 3.63) is 96.4 Å². The first-order valence-electron chi connectivity index (χ1n) is 9.95. The van der Waals surface area contributed by atoms with Gasteiger partial charge in [0.15, 0.2) is 6.29 Å². The largest absolute Gasteiger partial charge is 0.490 e. The maximum Gasteiger partial charge on any atom is 0.490 e. The number of aromatic nitrogens is 2. The van der Waals surface area contributed by atoms with Gasteiger partial charge in [-0.3, -0.25) is 4.79 Å². The lowest BCUT2D eigenvalue weighted by Crippen LogP contribution is -2.21. The number of carbonyl (C=O) groups excluding carboxylic acids is 1. The zero-order valence-corrected chi connectivity index (χ0v) is 17.6. The molecule has 0 bridgehead atoms. The lowest BCUT2D eigenvalue weighted by molar-refractivity contribution is -0.192. The van der Waals surface area contributed by atoms with Crippen LogP contribution in [0.2, 0.25) is 0 Å². The predicted octanol–water partition coefficient (Wildman–Crippen LogP) is 5.77. The molecule has 34 heavy (non-hydrogen) atoms. The average Bonchev–Trinajstić information content (AvgIpc) is 3.32. The quantitative estimate of drug-likeness (QED) is 0.351. The number of benzene rings is 3. The van der Waals surface area contributed by atoms with Crippen molar-refractivity contribution in [2.45, 2.75) is 12.8 Å². The summed E-state index contributed by atoms with van der Waals surface area (Å²) in [6, 6.07) is 25.3. The number of rotatable bonds is 6. The Bertz CT molecular complexity index is 1240. The summed E-state index contributed by atoms with van der Waals surface area (Å²) in [5, 5.41) is 7.12. The summed E-state index contributed by atoms with van der Waals surface area (Å²) in [4.78, 5) is 27.8. The summed E-state index contributed by atoms with van der Waals surface area (Å²) in [7, 11) is 0. The number of hydrogen-bond donors (Lipinski definition) is 2. The van der Waals surface area contributed by atoms with Gasteiger partial charge in [-0.05, 0) is 28.8 Å². The van der Waals surface area contributed by atoms with Crippen LogP contribution in [0.3, 0.4) is 0 Å². The molecule has 3 aromatic carbocycles. The van der Waals surface area contributed by atoms with E-state index in [9.17, 15) is 18.0 Å². The summed E-state index contributed by atoms with van der Waals surface area (Å²) in [6.45, 7) is 0.384. The van der Waals surface area contributed by atoms with Crippen LogP contribution in [0.4, 0.5) is 13.2 Å². The summed E-state index contributed by atoms with van der Waals surface area (Å²) < 4.78 is 37.5. The second-order valence-corrected chi connectivity index (χ2v) is 6.93. The zero-order valence-electron chi connectivity index (χ0n) is 17.6. The number of aliphatic carboxylic acids is 1. The Kier molecular flexibility index (Phi) is 7.81. The summed E-state index contributed by atoms with van der Waals surface area (Å²) >= 11 is 0. The van der Waals surface area contributed by atoms with Gasteiger partial charge in [0.2, 0.25) is 0 Å². The van der Waals surface area contributed by atoms with E-state index in [4.69, 9.17) is 14.6 Å². The lowest BCUT2D eigenvalue weighted by atomic mass is 9.99. The maximum atomic E-state index is 11.2. The number of nitrogens with one attached hydrogen (secondary N) is 1. The fourth-order valence-corrected chi connectivity index (χ4v) is 2.94. The Hall–Kier alpha value is -4.40. The minimum atomic E-state index is -5.08. The van der Waals surface area contributed by atoms with Crippen molar-refractivity contribution in [2.75, 3.05) is 0 Å². The molecule has 174 valence electrons. The van der Waals surface area contributed by atoms with Crippen LogP contribution in [-0.4, -0.2) is 33.5 Å². The van der Waals surface area contributed by atoms with Gasteiger partial charge in [0.05, 0.1) is 11.9 Å². The zero-order chi connectivity index (χ0) is 24.6. The number of halogens is 3. The molecule has 0 saturated carbocycles. The number of carboxylic acid groups (broad SMARTS) is 1. The molecule has 0 aliphatic heterocycles. The third kappa shape index (κ3) is 6.55. The van der Waals surface area contributed by atoms with Crippen LogP contribution in [0.25, 0.3) is 22.4 Å². The van der Waals surface area contributed by atoms with Gasteiger partial charge < -0.3 is 14.8 Å². The summed E-state index contributed by atoms with van der Waals surface area (Å²) in [5.41, 5.74) is 4.58. The van der Waals surface area contributed by atoms with E-state index in [1.165, 1.54) is 0 Å². The van der Waals surface area contributed by atoms with E-state index < -0.39 is 12.1 Å². The summed E-state index contributed by atoms with van der Waals surface area (Å²) in [5.74, 6) is -1.18. The maximum absolute atomic E-state index is 11.2. The molecule has 1 aromatic heterocycles. The van der Waals surface area contributed by atoms with Crippen LogP contribution in [0, 0.1) is 0 Å². The molecule has 0 unspecified atom stereocenters. The second-order valence-electron chi connectivity index (χ2n) is 6.93. The van der Waals surface area contributed by atoms with Crippen LogP contribution in [0.15, 0.2) is 85.1 Å². The molecule has 4 rings (SSSR count). The van der Waals surface area contributed by atoms with Crippen molar-refractivity contribution in [1.82, 2.24) is 9.97 Å². The first-order valence-corrected chi connectivity index (χ1v) is 9.95. The molecule has 2 N–H and O–H groups in total. The van der Waals surface area contributed by atoms with Gasteiger partial charge in [-0.25, -0.2) is 9.78 Å². The molecule has 0 aliphatic rings. The first kappa shape index (κ1) is 24.2. The van der Waals surface area contributed by atoms with E-state index in [2.05, 4.69) is 9.97 Å². The van der Waals surface area contributed by atoms with E-state index in [-0.39, 0.29) is 0 Å². The van der Waals surface area contributed by atoms with E-state index in [1.54, 1.807) is 6.20 Å². The SMILES string of the molecule is O=C(O)C(F)(F)F.O=Cc1ccccc1-c1ccc(-c2cnc(COc3ccccc3)[nH]2)cc1. The number of carboxylic acids is 1. The molecule has 0 radical (unpaired) electrons. The van der Waals surface area contributed by atoms with Crippen molar-refractivity contribution in [2.24, 2.45) is 0 Å². The standard InChI is InChI=1S/C23H18N2O2.C2HF3O2/c26-15-19-6-4-5-9-21(19)17-10-12-18(13-11-17)22-14-24-23(25-22)16-27-20-7-2-1-3-8-20;3-2(4,5)1(6)7/h1-15H,16H2,(H,24,25);(H,6,7). The second kappa shape index (κ2) is 11.0. The third-order valence-electron chi connectivity index (χ3n) is 4.58. The summed E-state index contributed by atoms with van der Waals surface area (Å²) in [6.07, 6.45) is -2.39. The van der Waals surface area contributed by atoms with E-state index in [1.807, 2.05) is 78.9 Å². The molecule has 4 aromatic rings. The van der Waals surface area contributed by atoms with Gasteiger partial charge in [0, 0.05) is 5.56 Å². The molecule has 0 atom stereocenters. The predicted molar refractivity (Wildman–Crippen MR) is 119 cm³/mol. The van der Waals surface area contributed by atoms with Crippen LogP contribution >= 0.6 is 0 Å². The Morgan fingerprint density at radius 2 is 1.53 bits per heavy atom. The number of H-pyrrole nitrogens is 1. The minimum Gasteiger partial charge on any atom is -0.486 e. The number of aldehydes is 1. The highest BCUT2D eigenvalue weighted by atomic mass is 19.4. The number of carbonyl (C=O) groups is 2. The van der Waals surface area contributed by atoms with Crippen molar-refractivity contribution in [3.8, 4) is 28.1 Å². The van der Waals surface area contributed by atoms with Crippen LogP contribution in [0.1, 0.15) is 16.2 Å². The molecular formula is C25H19F3N2O4. The molecule has 6 nitrogen and oxygen atoms in total. The number of imidazole rings is 1. The molecule has 0 aliphatic carbocycles. The Balaban J connectivity index is 0.000000406. The Labute approximate surface area is 192 Å². The van der Waals surface area contributed by atoms with Crippen LogP contribution in [-0.2, 0) is 11.4 Å². The molecule has 0 amide bonds. The fourth-order valence-electron chi connectivity index (χ4n) is 2.94. The van der Waals surface area contributed by atoms with Crippen molar-refractivity contribution in [3.63, 3.8) is 0 Å². The van der Waals surface area contributed by atoms with Gasteiger partial charge in [0.25, 0.3) is 0 Å². The number of aromatic amines is 1. The lowest BCUT2D eigenvalue weighted by Gasteiger charge is -2.06. The topological polar surface area (TPSA) is 92.3 Å². The normalized spacial score (nSPS) is 10.7. The molecule has 0 saturated heterocycles. The van der Waals surface area contributed by atoms with Gasteiger partial charge in [-0.15, -0.1) is 0 Å². The average molecular weight is 468 g/mol. The molecule has 0 spiro atoms. The third-order valence-corrected chi connectivity index (χ3v) is 4.58. The number of ether oxygens (including phenoxy) is 1. The van der Waals surface area contributed by atoms with Gasteiger partial charge in [-0.1, -0.05) is 66.7 Å². The van der Waals surface area contributed by atoms with Crippen molar-refractivity contribution < 1.29 is 32.6 Å².